The van der Waals surface area contributed by atoms with Crippen molar-refractivity contribution in [3.63, 3.8) is 0 Å². The van der Waals surface area contributed by atoms with Crippen molar-refractivity contribution in [2.75, 3.05) is 36.5 Å². The molecule has 0 radical (unpaired) electrons. The van der Waals surface area contributed by atoms with Crippen LogP contribution in [0.5, 0.6) is 0 Å². The number of rotatable bonds is 5. The van der Waals surface area contributed by atoms with Gasteiger partial charge in [-0.1, -0.05) is 0 Å². The van der Waals surface area contributed by atoms with Gasteiger partial charge in [-0.2, -0.15) is 0 Å². The number of cyclic esters (lactones) is 1. The molecule has 0 atom stereocenters. The van der Waals surface area contributed by atoms with E-state index in [4.69, 9.17) is 9.84 Å². The third kappa shape index (κ3) is 2.74. The van der Waals surface area contributed by atoms with Crippen molar-refractivity contribution in [3.05, 3.63) is 28.3 Å². The molecule has 1 heterocycles. The van der Waals surface area contributed by atoms with Crippen molar-refractivity contribution >= 4 is 23.2 Å². The van der Waals surface area contributed by atoms with Crippen LogP contribution in [0, 0.1) is 10.1 Å². The molecule has 0 aromatic heterocycles. The van der Waals surface area contributed by atoms with Gasteiger partial charge in [-0.05, 0) is 12.1 Å². The second kappa shape index (κ2) is 5.53. The number of anilines is 2. The number of aliphatic hydroxyl groups excluding tert-OH is 1. The molecule has 1 saturated heterocycles. The zero-order valence-corrected chi connectivity index (χ0v) is 10.0. The fourth-order valence-corrected chi connectivity index (χ4v) is 1.81. The van der Waals surface area contributed by atoms with E-state index in [9.17, 15) is 14.9 Å². The van der Waals surface area contributed by atoms with E-state index >= 15 is 0 Å². The highest BCUT2D eigenvalue weighted by Gasteiger charge is 2.26. The first-order chi connectivity index (χ1) is 9.13. The molecule has 8 nitrogen and oxygen atoms in total. The Morgan fingerprint density at radius 2 is 2.32 bits per heavy atom. The van der Waals surface area contributed by atoms with Crippen molar-refractivity contribution in [1.29, 1.82) is 0 Å². The molecule has 1 fully saturated rings. The lowest BCUT2D eigenvalue weighted by molar-refractivity contribution is -0.383. The zero-order chi connectivity index (χ0) is 13.8. The lowest BCUT2D eigenvalue weighted by Crippen LogP contribution is -2.23. The molecule has 1 aliphatic heterocycles. The Kier molecular flexibility index (Phi) is 3.81. The van der Waals surface area contributed by atoms with Crippen LogP contribution in [0.4, 0.5) is 21.9 Å². The highest BCUT2D eigenvalue weighted by atomic mass is 16.6. The smallest absolute Gasteiger partial charge is 0.414 e. The molecule has 0 spiro atoms. The summed E-state index contributed by atoms with van der Waals surface area (Å²) in [5.41, 5.74) is 0.574. The van der Waals surface area contributed by atoms with Gasteiger partial charge in [0.1, 0.15) is 12.3 Å². The van der Waals surface area contributed by atoms with Gasteiger partial charge in [0, 0.05) is 12.6 Å². The molecule has 1 aliphatic rings. The number of nitro groups is 1. The minimum atomic E-state index is -0.537. The number of hydrogen-bond donors (Lipinski definition) is 2. The number of nitrogens with zero attached hydrogens (tertiary/aromatic N) is 2. The van der Waals surface area contributed by atoms with E-state index in [2.05, 4.69) is 5.32 Å². The molecule has 0 aliphatic carbocycles. The van der Waals surface area contributed by atoms with Crippen LogP contribution >= 0.6 is 0 Å². The van der Waals surface area contributed by atoms with E-state index < -0.39 is 11.0 Å². The second-order valence-electron chi connectivity index (χ2n) is 3.87. The summed E-state index contributed by atoms with van der Waals surface area (Å²) in [5.74, 6) is 0. The third-order valence-corrected chi connectivity index (χ3v) is 2.68. The molecule has 0 bridgehead atoms. The molecule has 8 heteroatoms. The van der Waals surface area contributed by atoms with Gasteiger partial charge >= 0.3 is 6.09 Å². The van der Waals surface area contributed by atoms with Crippen molar-refractivity contribution in [3.8, 4) is 0 Å². The molecule has 2 rings (SSSR count). The number of benzene rings is 1. The fourth-order valence-electron chi connectivity index (χ4n) is 1.81. The minimum absolute atomic E-state index is 0.128. The number of carbonyl (C=O) groups is 1. The Hall–Kier alpha value is -2.35. The van der Waals surface area contributed by atoms with E-state index in [-0.39, 0.29) is 25.4 Å². The normalized spacial score (nSPS) is 14.4. The van der Waals surface area contributed by atoms with Crippen LogP contribution in [0.2, 0.25) is 0 Å². The van der Waals surface area contributed by atoms with Crippen LogP contribution < -0.4 is 10.2 Å². The molecule has 1 amide bonds. The summed E-state index contributed by atoms with van der Waals surface area (Å²) < 4.78 is 4.78. The first-order valence-corrected chi connectivity index (χ1v) is 5.71. The summed E-state index contributed by atoms with van der Waals surface area (Å²) in [6.07, 6.45) is -0.509. The van der Waals surface area contributed by atoms with E-state index in [1.54, 1.807) is 6.07 Å². The van der Waals surface area contributed by atoms with E-state index in [1.807, 2.05) is 0 Å². The van der Waals surface area contributed by atoms with Gasteiger partial charge in [0.05, 0.1) is 23.8 Å². The van der Waals surface area contributed by atoms with Crippen LogP contribution in [-0.4, -0.2) is 42.4 Å². The molecular weight excluding hydrogens is 254 g/mol. The van der Waals surface area contributed by atoms with Gasteiger partial charge < -0.3 is 15.2 Å². The van der Waals surface area contributed by atoms with Crippen molar-refractivity contribution in [2.24, 2.45) is 0 Å². The van der Waals surface area contributed by atoms with Crippen LogP contribution in [0.3, 0.4) is 0 Å². The van der Waals surface area contributed by atoms with Gasteiger partial charge in [0.15, 0.2) is 0 Å². The number of hydrogen-bond acceptors (Lipinski definition) is 6. The van der Waals surface area contributed by atoms with E-state index in [0.29, 0.717) is 17.9 Å². The van der Waals surface area contributed by atoms with Gasteiger partial charge in [-0.15, -0.1) is 0 Å². The van der Waals surface area contributed by atoms with Gasteiger partial charge in [0.2, 0.25) is 0 Å². The van der Waals surface area contributed by atoms with Gasteiger partial charge in [-0.25, -0.2) is 4.79 Å². The maximum absolute atomic E-state index is 11.4. The van der Waals surface area contributed by atoms with Crippen LogP contribution in [-0.2, 0) is 4.74 Å². The first kappa shape index (κ1) is 13.1. The standard InChI is InChI=1S/C11H13N3O5/c15-5-3-12-9-2-1-8(7-10(9)14(17)18)13-4-6-19-11(13)16/h1-2,7,12,15H,3-6H2. The van der Waals surface area contributed by atoms with Crippen LogP contribution in [0.15, 0.2) is 18.2 Å². The molecule has 1 aromatic carbocycles. The predicted octanol–water partition coefficient (Wildman–Crippen LogP) is 0.956. The van der Waals surface area contributed by atoms with Gasteiger partial charge in [0.25, 0.3) is 5.69 Å². The first-order valence-electron chi connectivity index (χ1n) is 5.71. The Balaban J connectivity index is 2.30. The molecule has 0 saturated carbocycles. The predicted molar refractivity (Wildman–Crippen MR) is 67.4 cm³/mol. The fraction of sp³-hybridized carbons (Fsp3) is 0.364. The van der Waals surface area contributed by atoms with Crippen molar-refractivity contribution in [2.45, 2.75) is 0 Å². The van der Waals surface area contributed by atoms with Crippen molar-refractivity contribution in [1.82, 2.24) is 0 Å². The highest BCUT2D eigenvalue weighted by molar-refractivity contribution is 5.90. The van der Waals surface area contributed by atoms with E-state index in [0.717, 1.165) is 0 Å². The maximum atomic E-state index is 11.4. The number of ether oxygens (including phenoxy) is 1. The number of amides is 1. The number of carbonyl (C=O) groups excluding carboxylic acids is 1. The molecule has 2 N–H and O–H groups in total. The highest BCUT2D eigenvalue weighted by Crippen LogP contribution is 2.30. The zero-order valence-electron chi connectivity index (χ0n) is 10.0. The summed E-state index contributed by atoms with van der Waals surface area (Å²) in [7, 11) is 0. The maximum Gasteiger partial charge on any atom is 0.414 e. The summed E-state index contributed by atoms with van der Waals surface area (Å²) in [5, 5.41) is 22.5. The summed E-state index contributed by atoms with van der Waals surface area (Å²) in [6.45, 7) is 0.736. The average molecular weight is 267 g/mol. The monoisotopic (exact) mass is 267 g/mol. The second-order valence-corrected chi connectivity index (χ2v) is 3.87. The molecule has 0 unspecified atom stereocenters. The topological polar surface area (TPSA) is 105 Å². The largest absolute Gasteiger partial charge is 0.447 e. The molecule has 19 heavy (non-hydrogen) atoms. The van der Waals surface area contributed by atoms with Gasteiger partial charge in [-0.3, -0.25) is 15.0 Å². The number of nitrogens with one attached hydrogen (secondary N) is 1. The number of aliphatic hydroxyl groups is 1. The number of nitro benzene ring substituents is 1. The Morgan fingerprint density at radius 3 is 2.89 bits per heavy atom. The third-order valence-electron chi connectivity index (χ3n) is 2.68. The summed E-state index contributed by atoms with van der Waals surface area (Å²) in [4.78, 5) is 23.2. The summed E-state index contributed by atoms with van der Waals surface area (Å²) in [6, 6.07) is 4.42. The Labute approximate surface area is 108 Å². The van der Waals surface area contributed by atoms with Crippen LogP contribution in [0.25, 0.3) is 0 Å². The quantitative estimate of drug-likeness (QED) is 0.608. The lowest BCUT2D eigenvalue weighted by atomic mass is 10.2. The van der Waals surface area contributed by atoms with Crippen LogP contribution in [0.1, 0.15) is 0 Å². The molecule has 1 aromatic rings. The van der Waals surface area contributed by atoms with Crippen molar-refractivity contribution < 1.29 is 19.6 Å². The molecule has 102 valence electrons. The van der Waals surface area contributed by atoms with E-state index in [1.165, 1.54) is 17.0 Å². The lowest BCUT2D eigenvalue weighted by Gasteiger charge is -2.13. The molecular formula is C11H13N3O5. The average Bonchev–Trinajstić information content (AvgIpc) is 2.82. The minimum Gasteiger partial charge on any atom is -0.447 e. The SMILES string of the molecule is O=C1OCCN1c1ccc(NCCO)c([N+](=O)[O-])c1. The summed E-state index contributed by atoms with van der Waals surface area (Å²) >= 11 is 0. The Bertz CT molecular complexity index is 505. The Morgan fingerprint density at radius 1 is 1.53 bits per heavy atom.